The Balaban J connectivity index is 0.00000214. The van der Waals surface area contributed by atoms with Crippen LogP contribution in [0.25, 0.3) is 72.1 Å². The minimum atomic E-state index is 0. The Morgan fingerprint density at radius 2 is 0.891 bits per heavy atom. The van der Waals surface area contributed by atoms with Crippen molar-refractivity contribution in [1.82, 2.24) is 34.5 Å². The van der Waals surface area contributed by atoms with Crippen LogP contribution in [0.1, 0.15) is 0 Å². The van der Waals surface area contributed by atoms with Crippen molar-refractivity contribution >= 4 is 43.6 Å². The van der Waals surface area contributed by atoms with Crippen LogP contribution in [-0.2, 0) is 41.5 Å². The van der Waals surface area contributed by atoms with Crippen LogP contribution >= 0.6 is 0 Å². The molecule has 9 nitrogen and oxygen atoms in total. The van der Waals surface area contributed by atoms with Crippen molar-refractivity contribution in [3.05, 3.63) is 165 Å². The largest absolute Gasteiger partial charge is 2.00 e. The third kappa shape index (κ3) is 6.77. The molecule has 55 heavy (non-hydrogen) atoms. The third-order valence-electron chi connectivity index (χ3n) is 8.81. The predicted octanol–water partition coefficient (Wildman–Crippen LogP) is 9.57. The minimum Gasteiger partial charge on any atom is -0.503 e. The van der Waals surface area contributed by atoms with E-state index in [0.717, 1.165) is 66.1 Å². The summed E-state index contributed by atoms with van der Waals surface area (Å²) in [6.07, 6.45) is 10.5. The van der Waals surface area contributed by atoms with Gasteiger partial charge in [0.05, 0.1) is 11.0 Å². The second kappa shape index (κ2) is 15.3. The molecule has 0 N–H and O–H groups in total. The maximum Gasteiger partial charge on any atom is 2.00 e. The van der Waals surface area contributed by atoms with Gasteiger partial charge in [-0.3, -0.25) is 9.97 Å². The second-order valence-corrected chi connectivity index (χ2v) is 12.1. The molecule has 11 heteroatoms. The van der Waals surface area contributed by atoms with Gasteiger partial charge in [-0.05, 0) is 41.1 Å². The van der Waals surface area contributed by atoms with E-state index in [9.17, 15) is 0 Å². The van der Waals surface area contributed by atoms with Crippen molar-refractivity contribution in [2.45, 2.75) is 0 Å². The van der Waals surface area contributed by atoms with Gasteiger partial charge in [0.2, 0.25) is 5.95 Å². The van der Waals surface area contributed by atoms with Crippen LogP contribution < -0.4 is 9.47 Å². The van der Waals surface area contributed by atoms with E-state index in [1.807, 2.05) is 102 Å². The number of ether oxygens (including phenoxy) is 2. The van der Waals surface area contributed by atoms with Crippen LogP contribution in [0.5, 0.6) is 23.0 Å². The molecule has 0 saturated heterocycles. The summed E-state index contributed by atoms with van der Waals surface area (Å²) in [5, 5.41) is 3.85. The first kappa shape index (κ1) is 35.8. The van der Waals surface area contributed by atoms with Crippen LogP contribution in [0.4, 0.5) is 0 Å². The van der Waals surface area contributed by atoms with Gasteiger partial charge in [-0.25, -0.2) is 9.97 Å². The number of rotatable bonds is 7. The van der Waals surface area contributed by atoms with E-state index >= 15 is 0 Å². The van der Waals surface area contributed by atoms with Gasteiger partial charge >= 0.3 is 41.5 Å². The summed E-state index contributed by atoms with van der Waals surface area (Å²) < 4.78 is 14.6. The predicted molar refractivity (Wildman–Crippen MR) is 202 cm³/mol. The second-order valence-electron chi connectivity index (χ2n) is 12.1. The molecule has 0 aliphatic rings. The number of pyridine rings is 4. The van der Waals surface area contributed by atoms with Gasteiger partial charge in [-0.15, -0.1) is 71.8 Å². The summed E-state index contributed by atoms with van der Waals surface area (Å²) in [5.41, 5.74) is 6.04. The van der Waals surface area contributed by atoms with E-state index in [4.69, 9.17) is 9.47 Å². The number of benzene rings is 4. The molecular weight excluding hydrogens is 960 g/mol. The number of nitrogens with zero attached hydrogens (tertiary/aromatic N) is 7. The van der Waals surface area contributed by atoms with Crippen molar-refractivity contribution in [2.75, 3.05) is 0 Å². The maximum atomic E-state index is 6.36. The molecule has 0 atom stereocenters. The number of fused-ring (bicyclic) bond motifs is 5. The number of hydrogen-bond acceptors (Lipinski definition) is 8. The maximum absolute atomic E-state index is 6.36. The number of aromatic nitrogens is 7. The zero-order chi connectivity index (χ0) is 35.1. The minimum absolute atomic E-state index is 0. The van der Waals surface area contributed by atoms with Crippen molar-refractivity contribution in [1.29, 1.82) is 0 Å². The monoisotopic (exact) mass is 982 g/mol. The normalized spacial score (nSPS) is 11.0. The molecule has 0 unspecified atom stereocenters. The summed E-state index contributed by atoms with van der Waals surface area (Å²) in [6, 6.07) is 46.4. The molecule has 0 spiro atoms. The van der Waals surface area contributed by atoms with Gasteiger partial charge in [0.1, 0.15) is 0 Å². The third-order valence-corrected chi connectivity index (χ3v) is 8.81. The molecule has 266 valence electrons. The number of hydrogen-bond donors (Lipinski definition) is 0. The first-order valence-corrected chi connectivity index (χ1v) is 16.8. The molecule has 6 aromatic heterocycles. The SMILES string of the molecule is [Pd+2].[Pt+2].[c-]1c(Oc2[c-]c3c(cc2)c2ccc(Oc4[c-]c(-c5nccc6cccnc56)ccc4)[c-]c2n3-c2ncccn2)cccc1-c1nccc2cccnc12. The molecule has 0 bridgehead atoms. The molecule has 4 aromatic carbocycles. The fraction of sp³-hybridized carbons (Fsp3) is 0. The first-order valence-electron chi connectivity index (χ1n) is 16.8. The summed E-state index contributed by atoms with van der Waals surface area (Å²) in [6.45, 7) is 0. The Labute approximate surface area is 343 Å². The molecule has 0 saturated carbocycles. The first-order chi connectivity index (χ1) is 26.2. The molecule has 0 amide bonds. The molecule has 6 heterocycles. The van der Waals surface area contributed by atoms with Gasteiger partial charge < -0.3 is 24.0 Å². The summed E-state index contributed by atoms with van der Waals surface area (Å²) >= 11 is 0. The van der Waals surface area contributed by atoms with E-state index in [2.05, 4.69) is 54.2 Å². The Kier molecular flexibility index (Phi) is 9.96. The van der Waals surface area contributed by atoms with Gasteiger partial charge in [0.25, 0.3) is 0 Å². The van der Waals surface area contributed by atoms with Gasteiger partial charge in [0.15, 0.2) is 0 Å². The summed E-state index contributed by atoms with van der Waals surface area (Å²) in [4.78, 5) is 27.5. The molecule has 10 aromatic rings. The van der Waals surface area contributed by atoms with E-state index in [0.29, 0.717) is 28.9 Å². The van der Waals surface area contributed by atoms with E-state index in [1.54, 1.807) is 43.2 Å². The summed E-state index contributed by atoms with van der Waals surface area (Å²) in [7, 11) is 0. The molecule has 0 aliphatic heterocycles. The molecule has 0 fully saturated rings. The Hall–Kier alpha value is -6.17. The van der Waals surface area contributed by atoms with E-state index in [1.165, 1.54) is 0 Å². The Morgan fingerprint density at radius 3 is 1.40 bits per heavy atom. The van der Waals surface area contributed by atoms with Gasteiger partial charge in [-0.1, -0.05) is 35.3 Å². The van der Waals surface area contributed by atoms with Crippen molar-refractivity contribution in [3.8, 4) is 51.5 Å². The van der Waals surface area contributed by atoms with Crippen LogP contribution in [0.3, 0.4) is 0 Å². The van der Waals surface area contributed by atoms with Crippen LogP contribution in [-0.4, -0.2) is 34.5 Å². The van der Waals surface area contributed by atoms with Gasteiger partial charge in [0, 0.05) is 71.6 Å². The molecule has 0 aliphatic carbocycles. The van der Waals surface area contributed by atoms with E-state index < -0.39 is 0 Å². The van der Waals surface area contributed by atoms with Crippen molar-refractivity contribution in [2.24, 2.45) is 0 Å². The fourth-order valence-electron chi connectivity index (χ4n) is 6.48. The fourth-order valence-corrected chi connectivity index (χ4v) is 6.48. The Morgan fingerprint density at radius 1 is 0.418 bits per heavy atom. The smallest absolute Gasteiger partial charge is 0.503 e. The standard InChI is InChI=1S/C44H23N7O2.Pd.Pt/c1-6-30(42-40-28(16-22-47-42)8-3-18-45-40)24-32(10-1)52-34-12-14-36-37-15-13-35(27-39(37)51(38(36)26-34)44-49-20-5-21-50-44)53-33-11-2-7-31(25-33)43-41-29(17-23-48-43)9-4-19-46-41;;/h1-23H;;/q-4;2*+2. The zero-order valence-electron chi connectivity index (χ0n) is 28.4. The van der Waals surface area contributed by atoms with Crippen LogP contribution in [0.2, 0.25) is 0 Å². The zero-order valence-corrected chi connectivity index (χ0v) is 32.2. The van der Waals surface area contributed by atoms with Gasteiger partial charge in [-0.2, -0.15) is 22.9 Å². The topological polar surface area (TPSA) is 101 Å². The molecule has 10 rings (SSSR count). The van der Waals surface area contributed by atoms with Crippen molar-refractivity contribution < 1.29 is 51.0 Å². The molecular formula is C44H23N7O2PdPt. The summed E-state index contributed by atoms with van der Waals surface area (Å²) in [5.74, 6) is 2.48. The average molecular weight is 983 g/mol. The Bertz CT molecular complexity index is 2800. The van der Waals surface area contributed by atoms with Crippen LogP contribution in [0.15, 0.2) is 140 Å². The quantitative estimate of drug-likeness (QED) is 0.115. The average Bonchev–Trinajstić information content (AvgIpc) is 3.53. The van der Waals surface area contributed by atoms with Crippen molar-refractivity contribution in [3.63, 3.8) is 0 Å². The molecule has 0 radical (unpaired) electrons. The van der Waals surface area contributed by atoms with Crippen LogP contribution in [0, 0.1) is 24.3 Å². The van der Waals surface area contributed by atoms with E-state index in [-0.39, 0.29) is 41.5 Å².